The van der Waals surface area contributed by atoms with Gasteiger partial charge in [-0.1, -0.05) is 23.7 Å². The van der Waals surface area contributed by atoms with Crippen LogP contribution in [0.1, 0.15) is 42.5 Å². The zero-order valence-corrected chi connectivity index (χ0v) is 11.1. The molecule has 96 valence electrons. The third-order valence-electron chi connectivity index (χ3n) is 4.19. The fraction of sp³-hybridized carbons (Fsp3) is 0.533. The minimum Gasteiger partial charge on any atom is -0.311 e. The van der Waals surface area contributed by atoms with Crippen molar-refractivity contribution >= 4 is 17.4 Å². The molecule has 2 saturated heterocycles. The van der Waals surface area contributed by atoms with Crippen LogP contribution in [0.5, 0.6) is 0 Å². The molecule has 3 rings (SSSR count). The molecule has 0 unspecified atom stereocenters. The Labute approximate surface area is 113 Å². The quantitative estimate of drug-likeness (QED) is 0.847. The first kappa shape index (κ1) is 12.2. The van der Waals surface area contributed by atoms with Crippen molar-refractivity contribution in [2.45, 2.75) is 44.2 Å². The summed E-state index contributed by atoms with van der Waals surface area (Å²) < 4.78 is 0. The Morgan fingerprint density at radius 3 is 2.67 bits per heavy atom. The summed E-state index contributed by atoms with van der Waals surface area (Å²) in [6, 6.07) is 8.61. The van der Waals surface area contributed by atoms with Gasteiger partial charge in [0.2, 0.25) is 0 Å². The molecule has 3 atom stereocenters. The third-order valence-corrected chi connectivity index (χ3v) is 4.43. The Morgan fingerprint density at radius 2 is 2.00 bits per heavy atom. The zero-order valence-electron chi connectivity index (χ0n) is 10.4. The number of rotatable bonds is 3. The fourth-order valence-electron chi connectivity index (χ4n) is 3.38. The fourth-order valence-corrected chi connectivity index (χ4v) is 3.57. The highest BCUT2D eigenvalue weighted by molar-refractivity contribution is 6.31. The number of carbonyl (C=O) groups is 1. The SMILES string of the molecule is O=C(C[C@@H]1C[C@H]2CC[C@@H](C1)N2)c1cccc(Cl)c1. The minimum absolute atomic E-state index is 0.240. The van der Waals surface area contributed by atoms with Gasteiger partial charge in [-0.15, -0.1) is 0 Å². The number of benzene rings is 1. The van der Waals surface area contributed by atoms with Crippen molar-refractivity contribution in [2.24, 2.45) is 5.92 Å². The molecule has 0 amide bonds. The van der Waals surface area contributed by atoms with Crippen molar-refractivity contribution < 1.29 is 4.79 Å². The first-order valence-electron chi connectivity index (χ1n) is 6.75. The van der Waals surface area contributed by atoms with Crippen LogP contribution in [0.15, 0.2) is 24.3 Å². The van der Waals surface area contributed by atoms with E-state index in [4.69, 9.17) is 11.6 Å². The average Bonchev–Trinajstić information content (AvgIpc) is 2.69. The van der Waals surface area contributed by atoms with Crippen molar-refractivity contribution in [1.82, 2.24) is 5.32 Å². The summed E-state index contributed by atoms with van der Waals surface area (Å²) in [5.74, 6) is 0.791. The minimum atomic E-state index is 0.240. The van der Waals surface area contributed by atoms with Crippen LogP contribution < -0.4 is 5.32 Å². The maximum absolute atomic E-state index is 12.2. The van der Waals surface area contributed by atoms with E-state index in [-0.39, 0.29) is 5.78 Å². The number of fused-ring (bicyclic) bond motifs is 2. The van der Waals surface area contributed by atoms with Crippen LogP contribution in [-0.2, 0) is 0 Å². The third kappa shape index (κ3) is 2.60. The van der Waals surface area contributed by atoms with Crippen LogP contribution in [0, 0.1) is 5.92 Å². The van der Waals surface area contributed by atoms with Gasteiger partial charge >= 0.3 is 0 Å². The number of halogens is 1. The summed E-state index contributed by atoms with van der Waals surface area (Å²) >= 11 is 5.93. The Bertz CT molecular complexity index is 448. The maximum atomic E-state index is 12.2. The van der Waals surface area contributed by atoms with Gasteiger partial charge in [-0.05, 0) is 43.7 Å². The molecule has 2 bridgehead atoms. The van der Waals surface area contributed by atoms with E-state index >= 15 is 0 Å². The second kappa shape index (κ2) is 5.02. The van der Waals surface area contributed by atoms with E-state index in [9.17, 15) is 4.79 Å². The molecule has 0 saturated carbocycles. The van der Waals surface area contributed by atoms with E-state index in [0.29, 0.717) is 29.4 Å². The summed E-state index contributed by atoms with van der Waals surface area (Å²) in [5.41, 5.74) is 0.758. The van der Waals surface area contributed by atoms with Crippen molar-refractivity contribution in [3.63, 3.8) is 0 Å². The Morgan fingerprint density at radius 1 is 1.28 bits per heavy atom. The summed E-state index contributed by atoms with van der Waals surface area (Å²) in [6.07, 6.45) is 5.56. The largest absolute Gasteiger partial charge is 0.311 e. The van der Waals surface area contributed by atoms with Crippen LogP contribution in [0.25, 0.3) is 0 Å². The average molecular weight is 264 g/mol. The number of hydrogen-bond acceptors (Lipinski definition) is 2. The molecule has 1 N–H and O–H groups in total. The molecule has 1 aromatic carbocycles. The van der Waals surface area contributed by atoms with Crippen LogP contribution in [0.3, 0.4) is 0 Å². The Kier molecular flexibility index (Phi) is 3.40. The van der Waals surface area contributed by atoms with E-state index in [2.05, 4.69) is 5.32 Å². The molecule has 3 heteroatoms. The lowest BCUT2D eigenvalue weighted by Gasteiger charge is -2.28. The molecule has 2 aliphatic heterocycles. The van der Waals surface area contributed by atoms with Gasteiger partial charge < -0.3 is 5.32 Å². The van der Waals surface area contributed by atoms with Crippen LogP contribution >= 0.6 is 11.6 Å². The molecule has 0 spiro atoms. The van der Waals surface area contributed by atoms with E-state index in [1.807, 2.05) is 18.2 Å². The summed E-state index contributed by atoms with van der Waals surface area (Å²) in [6.45, 7) is 0. The van der Waals surface area contributed by atoms with Gasteiger partial charge in [-0.3, -0.25) is 4.79 Å². The van der Waals surface area contributed by atoms with Crippen LogP contribution in [0.4, 0.5) is 0 Å². The van der Waals surface area contributed by atoms with Gasteiger partial charge in [0.1, 0.15) is 0 Å². The standard InChI is InChI=1S/C15H18ClNO/c16-12-3-1-2-11(9-12)15(18)8-10-6-13-4-5-14(7-10)17-13/h1-3,9-10,13-14,17H,4-8H2/t10-,13-,14+. The molecular formula is C15H18ClNO. The Balaban J connectivity index is 1.64. The van der Waals surface area contributed by atoms with Crippen molar-refractivity contribution in [3.05, 3.63) is 34.9 Å². The smallest absolute Gasteiger partial charge is 0.163 e. The number of piperidine rings is 1. The number of hydrogen-bond donors (Lipinski definition) is 1. The highest BCUT2D eigenvalue weighted by Crippen LogP contribution is 2.33. The number of nitrogens with one attached hydrogen (secondary N) is 1. The highest BCUT2D eigenvalue weighted by Gasteiger charge is 2.34. The predicted molar refractivity (Wildman–Crippen MR) is 73.1 cm³/mol. The molecule has 2 aliphatic rings. The summed E-state index contributed by atoms with van der Waals surface area (Å²) in [4.78, 5) is 12.2. The molecule has 2 heterocycles. The zero-order chi connectivity index (χ0) is 12.5. The molecule has 2 nitrogen and oxygen atoms in total. The second-order valence-electron chi connectivity index (χ2n) is 5.61. The van der Waals surface area contributed by atoms with E-state index in [1.54, 1.807) is 6.07 Å². The maximum Gasteiger partial charge on any atom is 0.163 e. The molecule has 18 heavy (non-hydrogen) atoms. The topological polar surface area (TPSA) is 29.1 Å². The molecule has 0 aromatic heterocycles. The van der Waals surface area contributed by atoms with Crippen molar-refractivity contribution in [1.29, 1.82) is 0 Å². The predicted octanol–water partition coefficient (Wildman–Crippen LogP) is 3.44. The number of Topliss-reactive ketones (excluding diaryl/α,β-unsaturated/α-hetero) is 1. The Hall–Kier alpha value is -0.860. The second-order valence-corrected chi connectivity index (χ2v) is 6.05. The van der Waals surface area contributed by atoms with Crippen molar-refractivity contribution in [3.8, 4) is 0 Å². The van der Waals surface area contributed by atoms with Gasteiger partial charge in [-0.2, -0.15) is 0 Å². The molecule has 0 aliphatic carbocycles. The van der Waals surface area contributed by atoms with Gasteiger partial charge in [0.05, 0.1) is 0 Å². The van der Waals surface area contributed by atoms with Gasteiger partial charge in [-0.25, -0.2) is 0 Å². The molecule has 1 aromatic rings. The summed E-state index contributed by atoms with van der Waals surface area (Å²) in [7, 11) is 0. The van der Waals surface area contributed by atoms with Gasteiger partial charge in [0, 0.05) is 29.1 Å². The lowest BCUT2D eigenvalue weighted by molar-refractivity contribution is 0.0945. The first-order valence-corrected chi connectivity index (χ1v) is 7.13. The molecule has 2 fully saturated rings. The summed E-state index contributed by atoms with van der Waals surface area (Å²) in [5, 5.41) is 4.25. The van der Waals surface area contributed by atoms with E-state index in [1.165, 1.54) is 12.8 Å². The normalized spacial score (nSPS) is 30.4. The number of ketones is 1. The monoisotopic (exact) mass is 263 g/mol. The van der Waals surface area contributed by atoms with Crippen molar-refractivity contribution in [2.75, 3.05) is 0 Å². The van der Waals surface area contributed by atoms with Crippen LogP contribution in [-0.4, -0.2) is 17.9 Å². The van der Waals surface area contributed by atoms with Gasteiger partial charge in [0.15, 0.2) is 5.78 Å². The highest BCUT2D eigenvalue weighted by atomic mass is 35.5. The molecule has 0 radical (unpaired) electrons. The number of carbonyl (C=O) groups excluding carboxylic acids is 1. The van der Waals surface area contributed by atoms with E-state index in [0.717, 1.165) is 18.4 Å². The van der Waals surface area contributed by atoms with E-state index < -0.39 is 0 Å². The van der Waals surface area contributed by atoms with Gasteiger partial charge in [0.25, 0.3) is 0 Å². The molecular weight excluding hydrogens is 246 g/mol. The lowest BCUT2D eigenvalue weighted by atomic mass is 9.87. The van der Waals surface area contributed by atoms with Crippen LogP contribution in [0.2, 0.25) is 5.02 Å². The lowest BCUT2D eigenvalue weighted by Crippen LogP contribution is -2.38. The first-order chi connectivity index (χ1) is 8.70.